The normalized spacial score (nSPS) is 11.8. The quantitative estimate of drug-likeness (QED) is 0.637. The molecule has 0 aromatic heterocycles. The van der Waals surface area contributed by atoms with Gasteiger partial charge in [0.1, 0.15) is 0 Å². The fourth-order valence-electron chi connectivity index (χ4n) is 1.24. The first kappa shape index (κ1) is 15.3. The fraction of sp³-hybridized carbons (Fsp3) is 0.889. The van der Waals surface area contributed by atoms with E-state index in [1.165, 1.54) is 7.05 Å². The molecule has 0 radical (unpaired) electrons. The summed E-state index contributed by atoms with van der Waals surface area (Å²) in [6.45, 7) is 4.18. The number of likely N-dealkylation sites (N-methyl/N-ethyl adjacent to an activating group) is 2. The molecule has 0 spiro atoms. The number of hydrogen-bond acceptors (Lipinski definition) is 4. The summed E-state index contributed by atoms with van der Waals surface area (Å²) in [5.74, 6) is -0.580. The van der Waals surface area contributed by atoms with E-state index in [1.807, 2.05) is 13.8 Å². The molecule has 1 amide bonds. The number of rotatable bonds is 7. The Morgan fingerprint density at radius 3 is 2.12 bits per heavy atom. The van der Waals surface area contributed by atoms with Crippen LogP contribution < -0.4 is 0 Å². The molecule has 0 aliphatic carbocycles. The van der Waals surface area contributed by atoms with Crippen molar-refractivity contribution in [2.75, 3.05) is 39.0 Å². The van der Waals surface area contributed by atoms with Crippen LogP contribution in [0, 0.1) is 0 Å². The van der Waals surface area contributed by atoms with E-state index in [4.69, 9.17) is 5.11 Å². The molecule has 0 saturated carbocycles. The molecule has 16 heavy (non-hydrogen) atoms. The third-order valence-corrected chi connectivity index (χ3v) is 4.08. The zero-order chi connectivity index (χ0) is 12.8. The van der Waals surface area contributed by atoms with Gasteiger partial charge in [0.05, 0.1) is 18.9 Å². The fourth-order valence-corrected chi connectivity index (χ4v) is 2.09. The molecule has 0 aromatic carbocycles. The van der Waals surface area contributed by atoms with Gasteiger partial charge in [0.15, 0.2) is 0 Å². The Kier molecular flexibility index (Phi) is 6.54. The highest BCUT2D eigenvalue weighted by Crippen LogP contribution is 1.99. The molecule has 0 aliphatic rings. The molecule has 0 saturated heterocycles. The van der Waals surface area contributed by atoms with Crippen molar-refractivity contribution in [3.63, 3.8) is 0 Å². The summed E-state index contributed by atoms with van der Waals surface area (Å²) in [4.78, 5) is 13.2. The lowest BCUT2D eigenvalue weighted by atomic mass is 10.4. The highest BCUT2D eigenvalue weighted by atomic mass is 32.2. The molecule has 0 bridgehead atoms. The van der Waals surface area contributed by atoms with Gasteiger partial charge in [-0.05, 0) is 13.8 Å². The number of aliphatic hydroxyl groups excluding tert-OH is 1. The van der Waals surface area contributed by atoms with Crippen LogP contribution in [0.15, 0.2) is 0 Å². The van der Waals surface area contributed by atoms with Gasteiger partial charge in [-0.2, -0.15) is 4.31 Å². The van der Waals surface area contributed by atoms with Gasteiger partial charge in [0, 0.05) is 20.1 Å². The average molecular weight is 252 g/mol. The molecule has 1 N–H and O–H groups in total. The van der Waals surface area contributed by atoms with Gasteiger partial charge in [-0.1, -0.05) is 0 Å². The molecule has 0 rings (SSSR count). The molecule has 6 nitrogen and oxygen atoms in total. The number of nitrogens with zero attached hydrogens (tertiary/aromatic N) is 2. The first-order valence-electron chi connectivity index (χ1n) is 5.21. The van der Waals surface area contributed by atoms with Crippen LogP contribution in [0.25, 0.3) is 0 Å². The monoisotopic (exact) mass is 252 g/mol. The van der Waals surface area contributed by atoms with E-state index < -0.39 is 16.6 Å². The predicted molar refractivity (Wildman–Crippen MR) is 61.4 cm³/mol. The molecule has 96 valence electrons. The van der Waals surface area contributed by atoms with Crippen molar-refractivity contribution in [1.29, 1.82) is 0 Å². The number of hydrogen-bond donors (Lipinski definition) is 1. The summed E-state index contributed by atoms with van der Waals surface area (Å²) in [6, 6.07) is 0. The summed E-state index contributed by atoms with van der Waals surface area (Å²) >= 11 is 0. The SMILES string of the molecule is CCN(CC)C(=O)CN(C)S(=O)(=O)CCO. The second-order valence-electron chi connectivity index (χ2n) is 3.36. The van der Waals surface area contributed by atoms with E-state index >= 15 is 0 Å². The van der Waals surface area contributed by atoms with Crippen molar-refractivity contribution in [3.05, 3.63) is 0 Å². The standard InChI is InChI=1S/C9H20N2O4S/c1-4-11(5-2)9(13)8-10(3)16(14,15)7-6-12/h12H,4-8H2,1-3H3. The Hall–Kier alpha value is -0.660. The zero-order valence-corrected chi connectivity index (χ0v) is 10.8. The third-order valence-electron chi connectivity index (χ3n) is 2.30. The Morgan fingerprint density at radius 2 is 1.75 bits per heavy atom. The number of carbonyl (C=O) groups is 1. The van der Waals surface area contributed by atoms with Crippen LogP contribution in [0.5, 0.6) is 0 Å². The van der Waals surface area contributed by atoms with Crippen LogP contribution in [0.1, 0.15) is 13.8 Å². The maximum absolute atomic E-state index is 11.6. The van der Waals surface area contributed by atoms with Gasteiger partial charge in [0.25, 0.3) is 0 Å². The summed E-state index contributed by atoms with van der Waals surface area (Å²) in [6.07, 6.45) is 0. The summed E-state index contributed by atoms with van der Waals surface area (Å²) in [7, 11) is -2.18. The summed E-state index contributed by atoms with van der Waals surface area (Å²) in [5.41, 5.74) is 0. The second kappa shape index (κ2) is 6.82. The van der Waals surface area contributed by atoms with E-state index in [2.05, 4.69) is 0 Å². The highest BCUT2D eigenvalue weighted by molar-refractivity contribution is 7.89. The van der Waals surface area contributed by atoms with Crippen molar-refractivity contribution in [2.45, 2.75) is 13.8 Å². The van der Waals surface area contributed by atoms with E-state index in [1.54, 1.807) is 4.90 Å². The van der Waals surface area contributed by atoms with Crippen molar-refractivity contribution in [3.8, 4) is 0 Å². The van der Waals surface area contributed by atoms with Crippen LogP contribution in [0.2, 0.25) is 0 Å². The first-order valence-corrected chi connectivity index (χ1v) is 6.82. The molecule has 0 atom stereocenters. The van der Waals surface area contributed by atoms with E-state index in [0.717, 1.165) is 4.31 Å². The molecule has 0 aromatic rings. The molecule has 0 aliphatic heterocycles. The Balaban J connectivity index is 4.45. The molecular weight excluding hydrogens is 232 g/mol. The molecule has 0 fully saturated rings. The molecule has 7 heteroatoms. The predicted octanol–water partition coefficient (Wildman–Crippen LogP) is -0.891. The van der Waals surface area contributed by atoms with Crippen molar-refractivity contribution in [1.82, 2.24) is 9.21 Å². The summed E-state index contributed by atoms with van der Waals surface area (Å²) < 4.78 is 23.9. The van der Waals surface area contributed by atoms with Gasteiger partial charge in [-0.15, -0.1) is 0 Å². The lowest BCUT2D eigenvalue weighted by molar-refractivity contribution is -0.130. The van der Waals surface area contributed by atoms with E-state index in [-0.39, 0.29) is 18.2 Å². The minimum absolute atomic E-state index is 0.177. The average Bonchev–Trinajstić information content (AvgIpc) is 2.19. The Morgan fingerprint density at radius 1 is 1.25 bits per heavy atom. The van der Waals surface area contributed by atoms with Crippen LogP contribution in [0.3, 0.4) is 0 Å². The highest BCUT2D eigenvalue weighted by Gasteiger charge is 2.21. The van der Waals surface area contributed by atoms with Crippen LogP contribution in [-0.4, -0.2) is 67.7 Å². The Labute approximate surface area is 96.9 Å². The maximum Gasteiger partial charge on any atom is 0.237 e. The van der Waals surface area contributed by atoms with Gasteiger partial charge >= 0.3 is 0 Å². The van der Waals surface area contributed by atoms with Crippen molar-refractivity contribution in [2.24, 2.45) is 0 Å². The Bertz CT molecular complexity index is 311. The number of sulfonamides is 1. The number of aliphatic hydroxyl groups is 1. The minimum Gasteiger partial charge on any atom is -0.395 e. The van der Waals surface area contributed by atoms with Crippen LogP contribution >= 0.6 is 0 Å². The lowest BCUT2D eigenvalue weighted by Gasteiger charge is -2.22. The number of amides is 1. The first-order chi connectivity index (χ1) is 7.38. The van der Waals surface area contributed by atoms with Crippen molar-refractivity contribution < 1.29 is 18.3 Å². The van der Waals surface area contributed by atoms with Crippen LogP contribution in [0.4, 0.5) is 0 Å². The maximum atomic E-state index is 11.6. The molecule has 0 unspecified atom stereocenters. The smallest absolute Gasteiger partial charge is 0.237 e. The van der Waals surface area contributed by atoms with Gasteiger partial charge in [-0.25, -0.2) is 8.42 Å². The van der Waals surface area contributed by atoms with Gasteiger partial charge in [0.2, 0.25) is 15.9 Å². The lowest BCUT2D eigenvalue weighted by Crippen LogP contribution is -2.42. The number of carbonyl (C=O) groups excluding carboxylic acids is 1. The topological polar surface area (TPSA) is 77.9 Å². The third kappa shape index (κ3) is 4.46. The van der Waals surface area contributed by atoms with E-state index in [9.17, 15) is 13.2 Å². The minimum atomic E-state index is -3.52. The summed E-state index contributed by atoms with van der Waals surface area (Å²) in [5, 5.41) is 8.59. The van der Waals surface area contributed by atoms with Gasteiger partial charge < -0.3 is 10.0 Å². The molecule has 0 heterocycles. The van der Waals surface area contributed by atoms with Crippen LogP contribution in [-0.2, 0) is 14.8 Å². The van der Waals surface area contributed by atoms with Gasteiger partial charge in [-0.3, -0.25) is 4.79 Å². The zero-order valence-electron chi connectivity index (χ0n) is 10.0. The van der Waals surface area contributed by atoms with Crippen molar-refractivity contribution >= 4 is 15.9 Å². The second-order valence-corrected chi connectivity index (χ2v) is 5.56. The van der Waals surface area contributed by atoms with E-state index in [0.29, 0.717) is 13.1 Å². The molecular formula is C9H20N2O4S. The largest absolute Gasteiger partial charge is 0.395 e.